The van der Waals surface area contributed by atoms with E-state index in [9.17, 15) is 15.0 Å². The van der Waals surface area contributed by atoms with E-state index in [2.05, 4.69) is 29.2 Å². The van der Waals surface area contributed by atoms with Crippen LogP contribution in [0.5, 0.6) is 0 Å². The van der Waals surface area contributed by atoms with Gasteiger partial charge < -0.3 is 20.0 Å². The average molecular weight is 443 g/mol. The van der Waals surface area contributed by atoms with Gasteiger partial charge >= 0.3 is 0 Å². The van der Waals surface area contributed by atoms with Crippen molar-refractivity contribution in [3.8, 4) is 0 Å². The summed E-state index contributed by atoms with van der Waals surface area (Å²) in [6, 6.07) is 17.4. The van der Waals surface area contributed by atoms with Gasteiger partial charge in [0.2, 0.25) is 0 Å². The molecule has 0 saturated carbocycles. The van der Waals surface area contributed by atoms with Crippen molar-refractivity contribution in [1.82, 2.24) is 9.80 Å². The van der Waals surface area contributed by atoms with Crippen LogP contribution in [-0.4, -0.2) is 70.3 Å². The molecule has 0 radical (unpaired) electrons. The lowest BCUT2D eigenvalue weighted by Gasteiger charge is -2.46. The Balaban J connectivity index is 1.33. The molecule has 2 aliphatic rings. The molecule has 0 aliphatic carbocycles. The standard InChI is InChI=1S/C25H31ClN2O3/c26-22-8-6-21(7-9-22)24(30)28-15-12-23(29)25(31,18-28)17-27-13-10-20(11-14-27)16-19-4-2-1-3-5-19/h1-9,20,23,29,31H,10-18H2/t23-,25+/m0/s1. The van der Waals surface area contributed by atoms with E-state index >= 15 is 0 Å². The number of halogens is 1. The predicted octanol–water partition coefficient (Wildman–Crippen LogP) is 3.23. The zero-order chi connectivity index (χ0) is 21.8. The fourth-order valence-corrected chi connectivity index (χ4v) is 4.97. The minimum absolute atomic E-state index is 0.136. The van der Waals surface area contributed by atoms with Crippen LogP contribution in [0.3, 0.4) is 0 Å². The number of likely N-dealkylation sites (tertiary alicyclic amines) is 2. The van der Waals surface area contributed by atoms with Gasteiger partial charge in [-0.3, -0.25) is 4.79 Å². The summed E-state index contributed by atoms with van der Waals surface area (Å²) in [6.07, 6.45) is 2.79. The molecule has 2 aromatic rings. The second-order valence-corrected chi connectivity index (χ2v) is 9.49. The lowest BCUT2D eigenvalue weighted by Crippen LogP contribution is -2.63. The van der Waals surface area contributed by atoms with Gasteiger partial charge in [0, 0.05) is 23.7 Å². The van der Waals surface area contributed by atoms with E-state index in [1.54, 1.807) is 29.2 Å². The number of aliphatic hydroxyl groups is 2. The molecule has 6 heteroatoms. The van der Waals surface area contributed by atoms with Crippen LogP contribution in [0.2, 0.25) is 5.02 Å². The van der Waals surface area contributed by atoms with Crippen LogP contribution in [0.15, 0.2) is 54.6 Å². The number of β-amino-alcohol motifs (C(OH)–C–C–N with tert-alkyl or cyclic N) is 1. The number of hydrogen-bond donors (Lipinski definition) is 2. The molecule has 2 N–H and O–H groups in total. The second-order valence-electron chi connectivity index (χ2n) is 9.05. The fourth-order valence-electron chi connectivity index (χ4n) is 4.85. The first-order chi connectivity index (χ1) is 14.9. The van der Waals surface area contributed by atoms with Crippen LogP contribution in [-0.2, 0) is 6.42 Å². The Morgan fingerprint density at radius 3 is 2.35 bits per heavy atom. The number of carbonyl (C=O) groups excluding carboxylic acids is 1. The Morgan fingerprint density at radius 2 is 1.68 bits per heavy atom. The first-order valence-corrected chi connectivity index (χ1v) is 11.5. The van der Waals surface area contributed by atoms with Crippen molar-refractivity contribution in [2.24, 2.45) is 5.92 Å². The van der Waals surface area contributed by atoms with Crippen molar-refractivity contribution in [2.75, 3.05) is 32.7 Å². The minimum atomic E-state index is -1.31. The van der Waals surface area contributed by atoms with E-state index in [1.165, 1.54) is 5.56 Å². The highest BCUT2D eigenvalue weighted by Crippen LogP contribution is 2.28. The first-order valence-electron chi connectivity index (χ1n) is 11.1. The molecule has 2 heterocycles. The van der Waals surface area contributed by atoms with Crippen LogP contribution >= 0.6 is 11.6 Å². The molecule has 5 nitrogen and oxygen atoms in total. The molecule has 1 amide bonds. The van der Waals surface area contributed by atoms with Gasteiger partial charge in [-0.05, 0) is 74.5 Å². The molecule has 31 heavy (non-hydrogen) atoms. The molecule has 0 bridgehead atoms. The summed E-state index contributed by atoms with van der Waals surface area (Å²) in [6.45, 7) is 2.76. The molecular weight excluding hydrogens is 412 g/mol. The molecule has 0 unspecified atom stereocenters. The summed E-state index contributed by atoms with van der Waals surface area (Å²) in [7, 11) is 0. The molecule has 4 rings (SSSR count). The highest BCUT2D eigenvalue weighted by Gasteiger charge is 2.44. The van der Waals surface area contributed by atoms with Gasteiger partial charge in [-0.25, -0.2) is 0 Å². The van der Waals surface area contributed by atoms with Gasteiger partial charge in [-0.15, -0.1) is 0 Å². The summed E-state index contributed by atoms with van der Waals surface area (Å²) in [5.41, 5.74) is 0.607. The summed E-state index contributed by atoms with van der Waals surface area (Å²) < 4.78 is 0. The summed E-state index contributed by atoms with van der Waals surface area (Å²) >= 11 is 5.93. The molecule has 2 fully saturated rings. The molecule has 2 aromatic carbocycles. The Labute approximate surface area is 189 Å². The number of rotatable bonds is 5. The Bertz CT molecular complexity index is 868. The summed E-state index contributed by atoms with van der Waals surface area (Å²) in [4.78, 5) is 16.8. The average Bonchev–Trinajstić information content (AvgIpc) is 2.78. The van der Waals surface area contributed by atoms with Crippen molar-refractivity contribution >= 4 is 17.5 Å². The van der Waals surface area contributed by atoms with Gasteiger partial charge in [-0.2, -0.15) is 0 Å². The van der Waals surface area contributed by atoms with E-state index in [4.69, 9.17) is 11.6 Å². The molecule has 2 aliphatic heterocycles. The van der Waals surface area contributed by atoms with Gasteiger partial charge in [0.05, 0.1) is 12.6 Å². The molecule has 2 atom stereocenters. The third-order valence-corrected chi connectivity index (χ3v) is 6.96. The van der Waals surface area contributed by atoms with E-state index in [1.807, 2.05) is 6.07 Å². The van der Waals surface area contributed by atoms with Gasteiger partial charge in [0.15, 0.2) is 0 Å². The SMILES string of the molecule is O=C(c1ccc(Cl)cc1)N1CC[C@H](O)[C@@](O)(CN2CCC(Cc3ccccc3)CC2)C1. The normalized spacial score (nSPS) is 25.5. The van der Waals surface area contributed by atoms with E-state index in [-0.39, 0.29) is 12.5 Å². The number of amides is 1. The lowest BCUT2D eigenvalue weighted by atomic mass is 9.86. The quantitative estimate of drug-likeness (QED) is 0.746. The number of piperidine rings is 2. The number of hydrogen-bond acceptors (Lipinski definition) is 4. The first kappa shape index (κ1) is 22.3. The zero-order valence-electron chi connectivity index (χ0n) is 17.8. The highest BCUT2D eigenvalue weighted by atomic mass is 35.5. The Morgan fingerprint density at radius 1 is 1.00 bits per heavy atom. The molecule has 0 aromatic heterocycles. The van der Waals surface area contributed by atoms with Crippen molar-refractivity contribution in [2.45, 2.75) is 37.4 Å². The third-order valence-electron chi connectivity index (χ3n) is 6.71. The zero-order valence-corrected chi connectivity index (χ0v) is 18.5. The largest absolute Gasteiger partial charge is 0.390 e. The summed E-state index contributed by atoms with van der Waals surface area (Å²) in [5.74, 6) is 0.510. The topological polar surface area (TPSA) is 64.0 Å². The van der Waals surface area contributed by atoms with Crippen molar-refractivity contribution in [3.63, 3.8) is 0 Å². The van der Waals surface area contributed by atoms with E-state index in [0.29, 0.717) is 36.0 Å². The van der Waals surface area contributed by atoms with Crippen LogP contribution in [0, 0.1) is 5.92 Å². The van der Waals surface area contributed by atoms with E-state index in [0.717, 1.165) is 32.4 Å². The maximum atomic E-state index is 12.9. The number of nitrogens with zero attached hydrogens (tertiary/aromatic N) is 2. The maximum absolute atomic E-state index is 12.9. The minimum Gasteiger partial charge on any atom is -0.390 e. The molecule has 166 valence electrons. The lowest BCUT2D eigenvalue weighted by molar-refractivity contribution is -0.129. The third kappa shape index (κ3) is 5.47. The smallest absolute Gasteiger partial charge is 0.253 e. The predicted molar refractivity (Wildman–Crippen MR) is 122 cm³/mol. The van der Waals surface area contributed by atoms with Crippen LogP contribution in [0.4, 0.5) is 0 Å². The monoisotopic (exact) mass is 442 g/mol. The van der Waals surface area contributed by atoms with Crippen molar-refractivity contribution in [1.29, 1.82) is 0 Å². The fraction of sp³-hybridized carbons (Fsp3) is 0.480. The van der Waals surface area contributed by atoms with Crippen LogP contribution in [0.1, 0.15) is 35.2 Å². The summed E-state index contributed by atoms with van der Waals surface area (Å²) in [5, 5.41) is 22.5. The van der Waals surface area contributed by atoms with Gasteiger partial charge in [0.25, 0.3) is 5.91 Å². The number of carbonyl (C=O) groups is 1. The van der Waals surface area contributed by atoms with Crippen molar-refractivity contribution in [3.05, 3.63) is 70.7 Å². The molecule has 2 saturated heterocycles. The van der Waals surface area contributed by atoms with Crippen molar-refractivity contribution < 1.29 is 15.0 Å². The molecule has 0 spiro atoms. The van der Waals surface area contributed by atoms with Gasteiger partial charge in [-0.1, -0.05) is 41.9 Å². The number of benzene rings is 2. The van der Waals surface area contributed by atoms with E-state index < -0.39 is 11.7 Å². The second kappa shape index (κ2) is 9.70. The van der Waals surface area contributed by atoms with Crippen LogP contribution < -0.4 is 0 Å². The molecular formula is C25H31ClN2O3. The number of aliphatic hydroxyl groups excluding tert-OH is 1. The Hall–Kier alpha value is -1.92. The van der Waals surface area contributed by atoms with Gasteiger partial charge in [0.1, 0.15) is 5.60 Å². The highest BCUT2D eigenvalue weighted by molar-refractivity contribution is 6.30. The van der Waals surface area contributed by atoms with Crippen LogP contribution in [0.25, 0.3) is 0 Å². The Kier molecular flexibility index (Phi) is 6.97. The maximum Gasteiger partial charge on any atom is 0.253 e.